The van der Waals surface area contributed by atoms with Gasteiger partial charge in [0.1, 0.15) is 0 Å². The van der Waals surface area contributed by atoms with E-state index in [4.69, 9.17) is 11.6 Å². The summed E-state index contributed by atoms with van der Waals surface area (Å²) in [5, 5.41) is 3.24. The second-order valence-corrected chi connectivity index (χ2v) is 7.83. The predicted octanol–water partition coefficient (Wildman–Crippen LogP) is 2.46. The number of benzene rings is 2. The normalized spacial score (nSPS) is 11.1. The fraction of sp³-hybridized carbons (Fsp3) is 0.235. The number of hydrogen-bond donors (Lipinski definition) is 1. The maximum absolute atomic E-state index is 12.3. The van der Waals surface area contributed by atoms with Crippen molar-refractivity contribution >= 4 is 33.2 Å². The maximum Gasteiger partial charge on any atom is 0.236 e. The van der Waals surface area contributed by atoms with Crippen molar-refractivity contribution in [2.75, 3.05) is 23.7 Å². The summed E-state index contributed by atoms with van der Waals surface area (Å²) in [6, 6.07) is 15.8. The van der Waals surface area contributed by atoms with Crippen molar-refractivity contribution < 1.29 is 13.2 Å². The van der Waals surface area contributed by atoms with Crippen LogP contribution in [0.4, 0.5) is 5.69 Å². The lowest BCUT2D eigenvalue weighted by atomic mass is 10.1. The van der Waals surface area contributed by atoms with E-state index in [0.29, 0.717) is 10.7 Å². The molecule has 0 spiro atoms. The van der Waals surface area contributed by atoms with E-state index in [-0.39, 0.29) is 24.6 Å². The standard InChI is InChI=1S/C17H19ClN2O3S/c1-20(16-5-3-2-4-6-16)24(22,23)12-11-19-17(21)13-14-7-9-15(18)10-8-14/h2-10H,11-13H2,1H3,(H,19,21). The highest BCUT2D eigenvalue weighted by atomic mass is 35.5. The molecule has 7 heteroatoms. The van der Waals surface area contributed by atoms with Gasteiger partial charge < -0.3 is 5.32 Å². The van der Waals surface area contributed by atoms with Crippen LogP contribution in [-0.4, -0.2) is 33.7 Å². The Bertz CT molecular complexity index is 777. The van der Waals surface area contributed by atoms with Gasteiger partial charge in [-0.2, -0.15) is 0 Å². The summed E-state index contributed by atoms with van der Waals surface area (Å²) >= 11 is 5.79. The number of sulfonamides is 1. The molecule has 0 aromatic heterocycles. The zero-order chi connectivity index (χ0) is 17.6. The molecule has 0 aliphatic rings. The van der Waals surface area contributed by atoms with Crippen molar-refractivity contribution in [3.63, 3.8) is 0 Å². The van der Waals surface area contributed by atoms with E-state index in [0.717, 1.165) is 5.56 Å². The summed E-state index contributed by atoms with van der Waals surface area (Å²) < 4.78 is 25.8. The molecule has 0 fully saturated rings. The Morgan fingerprint density at radius 3 is 2.33 bits per heavy atom. The highest BCUT2D eigenvalue weighted by Crippen LogP contribution is 2.15. The fourth-order valence-electron chi connectivity index (χ4n) is 2.11. The second kappa shape index (κ2) is 8.17. The number of rotatable bonds is 7. The third kappa shape index (κ3) is 5.25. The number of amides is 1. The number of halogens is 1. The smallest absolute Gasteiger partial charge is 0.236 e. The van der Waals surface area contributed by atoms with Crippen LogP contribution in [0.2, 0.25) is 5.02 Å². The average Bonchev–Trinajstić information content (AvgIpc) is 2.57. The molecule has 2 rings (SSSR count). The van der Waals surface area contributed by atoms with Gasteiger partial charge in [0.25, 0.3) is 0 Å². The molecule has 0 heterocycles. The molecular weight excluding hydrogens is 348 g/mol. The minimum Gasteiger partial charge on any atom is -0.355 e. The molecule has 0 unspecified atom stereocenters. The Morgan fingerprint density at radius 2 is 1.71 bits per heavy atom. The first kappa shape index (κ1) is 18.3. The van der Waals surface area contributed by atoms with Crippen LogP contribution in [0.5, 0.6) is 0 Å². The van der Waals surface area contributed by atoms with Gasteiger partial charge in [-0.1, -0.05) is 41.9 Å². The molecule has 5 nitrogen and oxygen atoms in total. The number of carbonyl (C=O) groups excluding carboxylic acids is 1. The summed E-state index contributed by atoms with van der Waals surface area (Å²) in [6.07, 6.45) is 0.186. The lowest BCUT2D eigenvalue weighted by molar-refractivity contribution is -0.120. The van der Waals surface area contributed by atoms with E-state index in [2.05, 4.69) is 5.32 Å². The second-order valence-electron chi connectivity index (χ2n) is 5.27. The van der Waals surface area contributed by atoms with E-state index in [9.17, 15) is 13.2 Å². The van der Waals surface area contributed by atoms with Gasteiger partial charge in [0.2, 0.25) is 15.9 Å². The minimum absolute atomic E-state index is 0.0614. The lowest BCUT2D eigenvalue weighted by Crippen LogP contribution is -2.36. The Hall–Kier alpha value is -2.05. The molecule has 128 valence electrons. The SMILES string of the molecule is CN(c1ccccc1)S(=O)(=O)CCNC(=O)Cc1ccc(Cl)cc1. The van der Waals surface area contributed by atoms with Crippen LogP contribution in [0.1, 0.15) is 5.56 Å². The lowest BCUT2D eigenvalue weighted by Gasteiger charge is -2.19. The molecule has 0 aliphatic heterocycles. The zero-order valence-corrected chi connectivity index (χ0v) is 14.8. The van der Waals surface area contributed by atoms with Gasteiger partial charge in [-0.25, -0.2) is 8.42 Å². The summed E-state index contributed by atoms with van der Waals surface area (Å²) in [5.41, 5.74) is 1.41. The van der Waals surface area contributed by atoms with E-state index < -0.39 is 10.0 Å². The van der Waals surface area contributed by atoms with Gasteiger partial charge in [0.15, 0.2) is 0 Å². The molecule has 24 heavy (non-hydrogen) atoms. The first-order valence-corrected chi connectivity index (χ1v) is 9.40. The van der Waals surface area contributed by atoms with Crippen molar-refractivity contribution in [1.82, 2.24) is 5.32 Å². The Morgan fingerprint density at radius 1 is 1.08 bits per heavy atom. The van der Waals surface area contributed by atoms with Gasteiger partial charge in [-0.3, -0.25) is 9.10 Å². The van der Waals surface area contributed by atoms with Crippen molar-refractivity contribution in [3.8, 4) is 0 Å². The third-order valence-corrected chi connectivity index (χ3v) is 5.51. The summed E-state index contributed by atoms with van der Waals surface area (Å²) in [5.74, 6) is -0.389. The molecule has 2 aromatic rings. The van der Waals surface area contributed by atoms with Crippen molar-refractivity contribution in [3.05, 3.63) is 65.2 Å². The molecular formula is C17H19ClN2O3S. The van der Waals surface area contributed by atoms with Crippen LogP contribution >= 0.6 is 11.6 Å². The Kier molecular flexibility index (Phi) is 6.23. The van der Waals surface area contributed by atoms with E-state index in [1.807, 2.05) is 6.07 Å². The molecule has 1 N–H and O–H groups in total. The van der Waals surface area contributed by atoms with Crippen LogP contribution in [-0.2, 0) is 21.2 Å². The molecule has 0 radical (unpaired) electrons. The largest absolute Gasteiger partial charge is 0.355 e. The number of hydrogen-bond acceptors (Lipinski definition) is 3. The third-order valence-electron chi connectivity index (χ3n) is 3.50. The predicted molar refractivity (Wildman–Crippen MR) is 96.8 cm³/mol. The number of para-hydroxylation sites is 1. The molecule has 0 bridgehead atoms. The zero-order valence-electron chi connectivity index (χ0n) is 13.3. The van der Waals surface area contributed by atoms with Crippen LogP contribution in [0.25, 0.3) is 0 Å². The van der Waals surface area contributed by atoms with Gasteiger partial charge in [0.05, 0.1) is 17.9 Å². The molecule has 2 aromatic carbocycles. The quantitative estimate of drug-likeness (QED) is 0.818. The number of nitrogens with one attached hydrogen (secondary N) is 1. The molecule has 1 amide bonds. The Balaban J connectivity index is 1.84. The monoisotopic (exact) mass is 366 g/mol. The van der Waals surface area contributed by atoms with Crippen LogP contribution < -0.4 is 9.62 Å². The topological polar surface area (TPSA) is 66.5 Å². The van der Waals surface area contributed by atoms with E-state index >= 15 is 0 Å². The van der Waals surface area contributed by atoms with E-state index in [1.165, 1.54) is 11.4 Å². The maximum atomic E-state index is 12.3. The van der Waals surface area contributed by atoms with E-state index in [1.54, 1.807) is 48.5 Å². The van der Waals surface area contributed by atoms with Crippen molar-refractivity contribution in [1.29, 1.82) is 0 Å². The molecule has 0 atom stereocenters. The molecule has 0 saturated heterocycles. The van der Waals surface area contributed by atoms with Crippen molar-refractivity contribution in [2.24, 2.45) is 0 Å². The Labute approximate surface area is 147 Å². The summed E-state index contributed by atoms with van der Waals surface area (Å²) in [4.78, 5) is 11.9. The highest BCUT2D eigenvalue weighted by molar-refractivity contribution is 7.92. The fourth-order valence-corrected chi connectivity index (χ4v) is 3.31. The average molecular weight is 367 g/mol. The first-order chi connectivity index (χ1) is 11.4. The number of anilines is 1. The summed E-state index contributed by atoms with van der Waals surface area (Å²) in [7, 11) is -1.99. The van der Waals surface area contributed by atoms with Gasteiger partial charge in [-0.05, 0) is 29.8 Å². The summed E-state index contributed by atoms with van der Waals surface area (Å²) in [6.45, 7) is 0.0614. The molecule has 0 saturated carbocycles. The van der Waals surface area contributed by atoms with Gasteiger partial charge >= 0.3 is 0 Å². The number of carbonyl (C=O) groups is 1. The minimum atomic E-state index is -3.49. The highest BCUT2D eigenvalue weighted by Gasteiger charge is 2.18. The first-order valence-electron chi connectivity index (χ1n) is 7.41. The number of nitrogens with zero attached hydrogens (tertiary/aromatic N) is 1. The molecule has 0 aliphatic carbocycles. The van der Waals surface area contributed by atoms with Gasteiger partial charge in [0, 0.05) is 18.6 Å². The van der Waals surface area contributed by atoms with Crippen molar-refractivity contribution in [2.45, 2.75) is 6.42 Å². The van der Waals surface area contributed by atoms with Crippen LogP contribution in [0.3, 0.4) is 0 Å². The van der Waals surface area contributed by atoms with Crippen LogP contribution in [0, 0.1) is 0 Å². The van der Waals surface area contributed by atoms with Crippen LogP contribution in [0.15, 0.2) is 54.6 Å². The van der Waals surface area contributed by atoms with Gasteiger partial charge in [-0.15, -0.1) is 0 Å².